The molecule has 6 aromatic rings. The molecule has 0 saturated heterocycles. The van der Waals surface area contributed by atoms with E-state index in [-0.39, 0.29) is 26.2 Å². The largest absolute Gasteiger partial charge is 0.447 e. The lowest BCUT2D eigenvalue weighted by Crippen LogP contribution is -2.37. The van der Waals surface area contributed by atoms with Gasteiger partial charge in [0.15, 0.2) is 5.75 Å². The molecule has 16 heteroatoms. The number of hydrogen-bond donors (Lipinski definition) is 4. The molecule has 2 atom stereocenters. The van der Waals surface area contributed by atoms with Crippen LogP contribution >= 0.6 is 24.6 Å². The number of benzene rings is 6. The number of nitrogens with zero attached hydrogens (tertiary/aromatic N) is 3. The van der Waals surface area contributed by atoms with Crippen LogP contribution in [0, 0.1) is 0 Å². The Kier molecular flexibility index (Phi) is 13.1. The Morgan fingerprint density at radius 1 is 0.446 bits per heavy atom. The summed E-state index contributed by atoms with van der Waals surface area (Å²) < 4.78 is 36.7. The zero-order valence-electron chi connectivity index (χ0n) is 30.3. The molecule has 0 aromatic heterocycles. The van der Waals surface area contributed by atoms with Crippen LogP contribution in [0.15, 0.2) is 162 Å². The maximum Gasteiger partial charge on any atom is 0.447 e. The van der Waals surface area contributed by atoms with Gasteiger partial charge in [0.1, 0.15) is 28.7 Å². The number of para-hydroxylation sites is 6. The van der Waals surface area contributed by atoms with Crippen LogP contribution in [-0.4, -0.2) is 9.21 Å². The first-order chi connectivity index (χ1) is 27.5. The zero-order chi connectivity index (χ0) is 38.7. The molecular weight excluding hydrogens is 767 g/mol. The standard InChI is InChI=1S/C40H42N7O6P3/c41-27-31-15-7-11-23-37(31)49-46-54(51-38-24-12-8-16-32(38)28-42)45-56(52-39-25-13-9-17-33(39)29-43,53-40-26-14-10-18-34(40)30-44)47(48-35-19-3-1-4-20-35)55(46)50-36-21-5-2-6-22-36/h1-26H,27-30,41-44H2. The number of rotatable bonds is 16. The molecule has 56 heavy (non-hydrogen) atoms. The first kappa shape index (κ1) is 39.2. The molecule has 2 unspecified atom stereocenters. The SMILES string of the molecule is NCc1ccccc1ON1P(Oc2ccccc2CN)N=P(Oc2ccccc2CN)(Oc2ccccc2CN)N(Oc2ccccc2)P1Oc1ccccc1. The summed E-state index contributed by atoms with van der Waals surface area (Å²) in [6.07, 6.45) is 0. The van der Waals surface area contributed by atoms with Gasteiger partial charge in [0.05, 0.1) is 0 Å². The predicted molar refractivity (Wildman–Crippen MR) is 221 cm³/mol. The summed E-state index contributed by atoms with van der Waals surface area (Å²) in [6.45, 7) is 0.748. The van der Waals surface area contributed by atoms with E-state index in [0.29, 0.717) is 45.6 Å². The smallest absolute Gasteiger partial charge is 0.440 e. The number of hydrogen-bond acceptors (Lipinski definition) is 13. The summed E-state index contributed by atoms with van der Waals surface area (Å²) >= 11 is 0. The van der Waals surface area contributed by atoms with Gasteiger partial charge in [0.2, 0.25) is 0 Å². The van der Waals surface area contributed by atoms with Gasteiger partial charge in [0, 0.05) is 57.6 Å². The Labute approximate surface area is 328 Å². The van der Waals surface area contributed by atoms with E-state index in [4.69, 9.17) is 55.2 Å². The van der Waals surface area contributed by atoms with E-state index < -0.39 is 24.6 Å². The van der Waals surface area contributed by atoms with Crippen LogP contribution in [0.25, 0.3) is 0 Å². The highest BCUT2D eigenvalue weighted by atomic mass is 31.3. The fourth-order valence-electron chi connectivity index (χ4n) is 5.43. The molecule has 0 aliphatic carbocycles. The van der Waals surface area contributed by atoms with E-state index in [9.17, 15) is 0 Å². The van der Waals surface area contributed by atoms with E-state index in [0.717, 1.165) is 11.1 Å². The summed E-state index contributed by atoms with van der Waals surface area (Å²) in [5.74, 6) is 2.75. The molecule has 13 nitrogen and oxygen atoms in total. The monoisotopic (exact) mass is 809 g/mol. The van der Waals surface area contributed by atoms with Crippen LogP contribution in [-0.2, 0) is 26.2 Å². The first-order valence-corrected chi connectivity index (χ1v) is 21.6. The average molecular weight is 810 g/mol. The molecule has 288 valence electrons. The second-order valence-electron chi connectivity index (χ2n) is 12.0. The van der Waals surface area contributed by atoms with Gasteiger partial charge in [-0.3, -0.25) is 0 Å². The third-order valence-electron chi connectivity index (χ3n) is 8.27. The maximum absolute atomic E-state index is 7.14. The summed E-state index contributed by atoms with van der Waals surface area (Å²) in [4.78, 5) is 13.7. The van der Waals surface area contributed by atoms with E-state index in [1.54, 1.807) is 4.60 Å². The first-order valence-electron chi connectivity index (χ1n) is 17.7. The Morgan fingerprint density at radius 2 is 0.857 bits per heavy atom. The van der Waals surface area contributed by atoms with Gasteiger partial charge < -0.3 is 50.7 Å². The molecule has 7 rings (SSSR count). The van der Waals surface area contributed by atoms with Crippen molar-refractivity contribution in [3.8, 4) is 34.5 Å². The van der Waals surface area contributed by atoms with Crippen molar-refractivity contribution in [1.82, 2.24) is 9.21 Å². The van der Waals surface area contributed by atoms with Crippen LogP contribution < -0.4 is 50.7 Å². The van der Waals surface area contributed by atoms with Crippen LogP contribution in [0.4, 0.5) is 0 Å². The van der Waals surface area contributed by atoms with Crippen LogP contribution in [0.2, 0.25) is 0 Å². The van der Waals surface area contributed by atoms with E-state index in [1.807, 2.05) is 158 Å². The molecule has 0 fully saturated rings. The maximum atomic E-state index is 7.14. The molecule has 6 aromatic carbocycles. The zero-order valence-corrected chi connectivity index (χ0v) is 33.0. The van der Waals surface area contributed by atoms with Crippen LogP contribution in [0.5, 0.6) is 34.5 Å². The molecule has 1 aliphatic heterocycles. The average Bonchev–Trinajstić information content (AvgIpc) is 3.25. The Balaban J connectivity index is 1.54. The van der Waals surface area contributed by atoms with Gasteiger partial charge in [-0.05, 0) is 48.5 Å². The molecule has 1 aliphatic rings. The van der Waals surface area contributed by atoms with Gasteiger partial charge in [-0.2, -0.15) is 0 Å². The van der Waals surface area contributed by atoms with Gasteiger partial charge in [-0.25, -0.2) is 0 Å². The number of nitrogens with two attached hydrogens (primary N) is 4. The summed E-state index contributed by atoms with van der Waals surface area (Å²) in [5.41, 5.74) is 27.9. The third kappa shape index (κ3) is 8.99. The Bertz CT molecular complexity index is 2210. The fraction of sp³-hybridized carbons (Fsp3) is 0.100. The highest BCUT2D eigenvalue weighted by molar-refractivity contribution is 7.78. The van der Waals surface area contributed by atoms with Gasteiger partial charge in [-0.15, -0.1) is 4.52 Å². The van der Waals surface area contributed by atoms with Crippen LogP contribution in [0.3, 0.4) is 0 Å². The van der Waals surface area contributed by atoms with Gasteiger partial charge in [-0.1, -0.05) is 109 Å². The second-order valence-corrected chi connectivity index (χ2v) is 17.5. The molecule has 0 amide bonds. The molecule has 0 saturated carbocycles. The summed E-state index contributed by atoms with van der Waals surface area (Å²) in [6, 6.07) is 48.3. The minimum Gasteiger partial charge on any atom is -0.440 e. The molecule has 1 heterocycles. The van der Waals surface area contributed by atoms with Crippen molar-refractivity contribution < 1.29 is 27.8 Å². The topological polar surface area (TPSA) is 178 Å². The Morgan fingerprint density at radius 3 is 1.38 bits per heavy atom. The van der Waals surface area contributed by atoms with E-state index >= 15 is 0 Å². The van der Waals surface area contributed by atoms with E-state index in [2.05, 4.69) is 0 Å². The molecule has 8 N–H and O–H groups in total. The molecule has 0 spiro atoms. The van der Waals surface area contributed by atoms with Crippen molar-refractivity contribution in [2.75, 3.05) is 0 Å². The quantitative estimate of drug-likeness (QED) is 0.0683. The minimum absolute atomic E-state index is 0.171. The molecule has 0 bridgehead atoms. The van der Waals surface area contributed by atoms with Crippen molar-refractivity contribution >= 4 is 24.6 Å². The molecule has 0 radical (unpaired) electrons. The Hall–Kier alpha value is -5.03. The second kappa shape index (κ2) is 18.7. The highest BCUT2D eigenvalue weighted by Crippen LogP contribution is 2.78. The van der Waals surface area contributed by atoms with Crippen molar-refractivity contribution in [2.24, 2.45) is 27.5 Å². The van der Waals surface area contributed by atoms with Crippen LogP contribution in [0.1, 0.15) is 22.3 Å². The van der Waals surface area contributed by atoms with Crippen molar-refractivity contribution in [3.63, 3.8) is 0 Å². The third-order valence-corrected chi connectivity index (χ3v) is 15.1. The normalized spacial score (nSPS) is 16.6. The van der Waals surface area contributed by atoms with E-state index in [1.165, 1.54) is 4.60 Å². The van der Waals surface area contributed by atoms with Crippen molar-refractivity contribution in [3.05, 3.63) is 180 Å². The lowest BCUT2D eigenvalue weighted by atomic mass is 10.2. The highest BCUT2D eigenvalue weighted by Gasteiger charge is 2.58. The van der Waals surface area contributed by atoms with Gasteiger partial charge >= 0.3 is 24.6 Å². The predicted octanol–water partition coefficient (Wildman–Crippen LogP) is 9.14. The summed E-state index contributed by atoms with van der Waals surface area (Å²) in [7, 11) is -8.57. The summed E-state index contributed by atoms with van der Waals surface area (Å²) in [5, 5.41) is 0. The van der Waals surface area contributed by atoms with Crippen molar-refractivity contribution in [1.29, 1.82) is 0 Å². The van der Waals surface area contributed by atoms with Crippen molar-refractivity contribution in [2.45, 2.75) is 26.2 Å². The lowest BCUT2D eigenvalue weighted by molar-refractivity contribution is 0.0539. The fourth-order valence-corrected chi connectivity index (χ4v) is 13.0. The molecular formula is C40H42N7O6P3. The van der Waals surface area contributed by atoms with Gasteiger partial charge in [0.25, 0.3) is 0 Å². The lowest BCUT2D eigenvalue weighted by Gasteiger charge is -2.44. The minimum atomic E-state index is -4.01.